The monoisotopic (exact) mass is 159 g/mol. The van der Waals surface area contributed by atoms with Crippen molar-refractivity contribution in [3.05, 3.63) is 0 Å². The summed E-state index contributed by atoms with van der Waals surface area (Å²) in [5.41, 5.74) is -0.881. The van der Waals surface area contributed by atoms with Crippen molar-refractivity contribution in [3.8, 4) is 0 Å². The lowest BCUT2D eigenvalue weighted by molar-refractivity contribution is 0.106. The maximum Gasteiger partial charge on any atom is 0.123 e. The van der Waals surface area contributed by atoms with E-state index >= 15 is 0 Å². The summed E-state index contributed by atoms with van der Waals surface area (Å²) in [5.74, 6) is 0. The van der Waals surface area contributed by atoms with Crippen LogP contribution in [-0.4, -0.2) is 18.8 Å². The van der Waals surface area contributed by atoms with Gasteiger partial charge in [0.15, 0.2) is 0 Å². The third-order valence-corrected chi connectivity index (χ3v) is 2.44. The van der Waals surface area contributed by atoms with Gasteiger partial charge < -0.3 is 5.32 Å². The number of rotatable bonds is 3. The maximum absolute atomic E-state index is 13.7. The van der Waals surface area contributed by atoms with Gasteiger partial charge in [-0.2, -0.15) is 0 Å². The van der Waals surface area contributed by atoms with E-state index in [9.17, 15) is 4.39 Å². The van der Waals surface area contributed by atoms with Gasteiger partial charge in [0.25, 0.3) is 0 Å². The van der Waals surface area contributed by atoms with Crippen molar-refractivity contribution < 1.29 is 4.39 Å². The van der Waals surface area contributed by atoms with Crippen molar-refractivity contribution in [2.45, 2.75) is 44.7 Å². The van der Waals surface area contributed by atoms with Crippen LogP contribution < -0.4 is 5.32 Å². The van der Waals surface area contributed by atoms with Crippen LogP contribution in [0.15, 0.2) is 0 Å². The van der Waals surface area contributed by atoms with Crippen molar-refractivity contribution in [1.82, 2.24) is 5.32 Å². The lowest BCUT2D eigenvalue weighted by Gasteiger charge is -2.29. The standard InChI is InChI=1S/C9H18FN/c1-2-11-8-9(10)6-4-3-5-7-9/h11H,2-8H2,1H3. The Morgan fingerprint density at radius 2 is 1.91 bits per heavy atom. The molecule has 0 aromatic rings. The second-order valence-corrected chi connectivity index (χ2v) is 3.49. The summed E-state index contributed by atoms with van der Waals surface area (Å²) < 4.78 is 13.7. The average molecular weight is 159 g/mol. The molecule has 0 bridgehead atoms. The molecule has 0 aromatic heterocycles. The second-order valence-electron chi connectivity index (χ2n) is 3.49. The van der Waals surface area contributed by atoms with Crippen LogP contribution in [0, 0.1) is 0 Å². The molecule has 66 valence electrons. The molecule has 0 saturated heterocycles. The Morgan fingerprint density at radius 3 is 2.45 bits per heavy atom. The van der Waals surface area contributed by atoms with Crippen LogP contribution in [-0.2, 0) is 0 Å². The lowest BCUT2D eigenvalue weighted by Crippen LogP contribution is -2.38. The average Bonchev–Trinajstić information content (AvgIpc) is 2.03. The molecule has 1 rings (SSSR count). The lowest BCUT2D eigenvalue weighted by atomic mass is 9.86. The highest BCUT2D eigenvalue weighted by Gasteiger charge is 2.30. The third kappa shape index (κ3) is 2.78. The van der Waals surface area contributed by atoms with Crippen LogP contribution in [0.2, 0.25) is 0 Å². The molecule has 11 heavy (non-hydrogen) atoms. The molecule has 0 heterocycles. The number of hydrogen-bond acceptors (Lipinski definition) is 1. The van der Waals surface area contributed by atoms with Gasteiger partial charge in [0.2, 0.25) is 0 Å². The van der Waals surface area contributed by atoms with Crippen LogP contribution in [0.4, 0.5) is 4.39 Å². The smallest absolute Gasteiger partial charge is 0.123 e. The Morgan fingerprint density at radius 1 is 1.27 bits per heavy atom. The molecule has 1 fully saturated rings. The van der Waals surface area contributed by atoms with E-state index in [2.05, 4.69) is 5.32 Å². The molecule has 0 atom stereocenters. The van der Waals surface area contributed by atoms with E-state index in [0.717, 1.165) is 32.2 Å². The molecule has 1 aliphatic rings. The predicted octanol–water partition coefficient (Wildman–Crippen LogP) is 2.27. The van der Waals surface area contributed by atoms with Gasteiger partial charge in [-0.05, 0) is 19.4 Å². The van der Waals surface area contributed by atoms with Crippen LogP contribution in [0.3, 0.4) is 0 Å². The summed E-state index contributed by atoms with van der Waals surface area (Å²) in [6, 6.07) is 0. The zero-order chi connectivity index (χ0) is 8.16. The highest BCUT2D eigenvalue weighted by molar-refractivity contribution is 4.84. The minimum atomic E-state index is -0.881. The molecule has 2 heteroatoms. The van der Waals surface area contributed by atoms with Crippen LogP contribution >= 0.6 is 0 Å². The van der Waals surface area contributed by atoms with Crippen LogP contribution in [0.5, 0.6) is 0 Å². The van der Waals surface area contributed by atoms with Gasteiger partial charge in [0.1, 0.15) is 5.67 Å². The summed E-state index contributed by atoms with van der Waals surface area (Å²) in [6.45, 7) is 3.46. The number of hydrogen-bond donors (Lipinski definition) is 1. The summed E-state index contributed by atoms with van der Waals surface area (Å²) >= 11 is 0. The summed E-state index contributed by atoms with van der Waals surface area (Å²) in [6.07, 6.45) is 4.89. The van der Waals surface area contributed by atoms with Crippen LogP contribution in [0.25, 0.3) is 0 Å². The first kappa shape index (κ1) is 8.98. The Kier molecular flexibility index (Phi) is 3.31. The molecule has 0 aliphatic heterocycles. The molecule has 0 spiro atoms. The fraction of sp³-hybridized carbons (Fsp3) is 1.00. The molecule has 1 N–H and O–H groups in total. The summed E-state index contributed by atoms with van der Waals surface area (Å²) in [7, 11) is 0. The second kappa shape index (κ2) is 4.05. The fourth-order valence-corrected chi connectivity index (χ4v) is 1.71. The highest BCUT2D eigenvalue weighted by Crippen LogP contribution is 2.30. The Balaban J connectivity index is 2.25. The van der Waals surface area contributed by atoms with Crippen molar-refractivity contribution >= 4 is 0 Å². The topological polar surface area (TPSA) is 12.0 Å². The van der Waals surface area contributed by atoms with Crippen LogP contribution in [0.1, 0.15) is 39.0 Å². The quantitative estimate of drug-likeness (QED) is 0.666. The van der Waals surface area contributed by atoms with Gasteiger partial charge >= 0.3 is 0 Å². The van der Waals surface area contributed by atoms with Gasteiger partial charge in [-0.15, -0.1) is 0 Å². The number of halogens is 1. The normalized spacial score (nSPS) is 23.5. The van der Waals surface area contributed by atoms with E-state index in [4.69, 9.17) is 0 Å². The molecule has 1 aliphatic carbocycles. The molecule has 0 unspecified atom stereocenters. The van der Waals surface area contributed by atoms with E-state index in [-0.39, 0.29) is 0 Å². The summed E-state index contributed by atoms with van der Waals surface area (Å²) in [4.78, 5) is 0. The van der Waals surface area contributed by atoms with Gasteiger partial charge in [0.05, 0.1) is 0 Å². The molecular formula is C9H18FN. The molecule has 1 nitrogen and oxygen atoms in total. The van der Waals surface area contributed by atoms with E-state index in [0.29, 0.717) is 6.54 Å². The minimum absolute atomic E-state index is 0.559. The van der Waals surface area contributed by atoms with Crippen molar-refractivity contribution in [1.29, 1.82) is 0 Å². The Bertz CT molecular complexity index is 108. The SMILES string of the molecule is CCNCC1(F)CCCCC1. The Labute approximate surface area is 68.4 Å². The molecule has 0 aromatic carbocycles. The highest BCUT2D eigenvalue weighted by atomic mass is 19.1. The van der Waals surface area contributed by atoms with Gasteiger partial charge in [-0.25, -0.2) is 4.39 Å². The van der Waals surface area contributed by atoms with E-state index in [1.165, 1.54) is 6.42 Å². The van der Waals surface area contributed by atoms with E-state index < -0.39 is 5.67 Å². The van der Waals surface area contributed by atoms with Crippen molar-refractivity contribution in [2.75, 3.05) is 13.1 Å². The third-order valence-electron chi connectivity index (χ3n) is 2.44. The first-order valence-electron chi connectivity index (χ1n) is 4.66. The first-order chi connectivity index (χ1) is 5.27. The Hall–Kier alpha value is -0.110. The van der Waals surface area contributed by atoms with Crippen molar-refractivity contribution in [3.63, 3.8) is 0 Å². The van der Waals surface area contributed by atoms with E-state index in [1.54, 1.807) is 0 Å². The first-order valence-corrected chi connectivity index (χ1v) is 4.66. The zero-order valence-corrected chi connectivity index (χ0v) is 7.33. The minimum Gasteiger partial charge on any atom is -0.314 e. The largest absolute Gasteiger partial charge is 0.314 e. The van der Waals surface area contributed by atoms with Gasteiger partial charge in [0, 0.05) is 6.54 Å². The summed E-state index contributed by atoms with van der Waals surface area (Å²) in [5, 5.41) is 3.08. The van der Waals surface area contributed by atoms with E-state index in [1.807, 2.05) is 6.92 Å². The molecular weight excluding hydrogens is 141 g/mol. The van der Waals surface area contributed by atoms with Gasteiger partial charge in [-0.3, -0.25) is 0 Å². The molecule has 0 radical (unpaired) electrons. The molecule has 1 saturated carbocycles. The fourth-order valence-electron chi connectivity index (χ4n) is 1.71. The van der Waals surface area contributed by atoms with Crippen molar-refractivity contribution in [2.24, 2.45) is 0 Å². The number of nitrogens with one attached hydrogen (secondary N) is 1. The van der Waals surface area contributed by atoms with Gasteiger partial charge in [-0.1, -0.05) is 26.2 Å². The number of alkyl halides is 1. The zero-order valence-electron chi connectivity index (χ0n) is 7.33. The predicted molar refractivity (Wildman–Crippen MR) is 45.5 cm³/mol. The maximum atomic E-state index is 13.7. The molecule has 0 amide bonds.